The highest BCUT2D eigenvalue weighted by molar-refractivity contribution is 6.19. The van der Waals surface area contributed by atoms with Crippen LogP contribution >= 0.6 is 0 Å². The lowest BCUT2D eigenvalue weighted by Gasteiger charge is -2.33. The Labute approximate surface area is 352 Å². The molecule has 0 fully saturated rings. The molecular weight excluding hydrogens is 745 g/mol. The zero-order chi connectivity index (χ0) is 40.4. The van der Waals surface area contributed by atoms with Crippen molar-refractivity contribution >= 4 is 82.7 Å². The maximum absolute atomic E-state index is 6.76. The first-order valence-electron chi connectivity index (χ1n) is 21.0. The summed E-state index contributed by atoms with van der Waals surface area (Å²) in [7, 11) is 0. The molecular formula is C57H38N2O2. The number of nitrogens with zero attached hydrogens (tertiary/aromatic N) is 2. The van der Waals surface area contributed by atoms with Crippen LogP contribution in [0.1, 0.15) is 25.0 Å². The molecule has 0 bridgehead atoms. The van der Waals surface area contributed by atoms with Gasteiger partial charge in [-0.15, -0.1) is 0 Å². The van der Waals surface area contributed by atoms with Crippen molar-refractivity contribution in [3.63, 3.8) is 0 Å². The number of fused-ring (bicyclic) bond motifs is 12. The van der Waals surface area contributed by atoms with E-state index >= 15 is 0 Å². The quantitative estimate of drug-likeness (QED) is 0.174. The number of benzene rings is 9. The second-order valence-corrected chi connectivity index (χ2v) is 16.8. The van der Waals surface area contributed by atoms with E-state index in [0.717, 1.165) is 77.8 Å². The van der Waals surface area contributed by atoms with Crippen molar-refractivity contribution in [2.75, 3.05) is 4.90 Å². The minimum atomic E-state index is -0.255. The van der Waals surface area contributed by atoms with Gasteiger partial charge < -0.3 is 18.3 Å². The fourth-order valence-corrected chi connectivity index (χ4v) is 10.5. The highest BCUT2D eigenvalue weighted by atomic mass is 16.3. The van der Waals surface area contributed by atoms with E-state index in [4.69, 9.17) is 8.83 Å². The van der Waals surface area contributed by atoms with Crippen LogP contribution in [0.2, 0.25) is 0 Å². The fraction of sp³-hybridized carbons (Fsp3) is 0.0526. The summed E-state index contributed by atoms with van der Waals surface area (Å²) in [5.41, 5.74) is 17.4. The van der Waals surface area contributed by atoms with Gasteiger partial charge in [-0.05, 0) is 112 Å². The van der Waals surface area contributed by atoms with Gasteiger partial charge in [0.1, 0.15) is 22.3 Å². The van der Waals surface area contributed by atoms with Crippen LogP contribution in [0, 0.1) is 0 Å². The van der Waals surface area contributed by atoms with Crippen molar-refractivity contribution in [3.8, 4) is 27.9 Å². The first-order valence-corrected chi connectivity index (χ1v) is 21.0. The zero-order valence-corrected chi connectivity index (χ0v) is 33.7. The molecule has 1 aliphatic rings. The number of furan rings is 2. The lowest BCUT2D eigenvalue weighted by Crippen LogP contribution is -2.20. The molecule has 1 aliphatic carbocycles. The maximum atomic E-state index is 6.76. The Kier molecular flexibility index (Phi) is 7.04. The molecule has 61 heavy (non-hydrogen) atoms. The van der Waals surface area contributed by atoms with E-state index in [1.165, 1.54) is 44.1 Å². The fourth-order valence-electron chi connectivity index (χ4n) is 10.5. The molecule has 9 aromatic carbocycles. The van der Waals surface area contributed by atoms with E-state index in [0.29, 0.717) is 0 Å². The van der Waals surface area contributed by atoms with Crippen LogP contribution in [0.5, 0.6) is 0 Å². The van der Waals surface area contributed by atoms with Gasteiger partial charge in [0, 0.05) is 32.6 Å². The molecule has 0 unspecified atom stereocenters. The number of hydrogen-bond acceptors (Lipinski definition) is 3. The van der Waals surface area contributed by atoms with Crippen molar-refractivity contribution in [3.05, 3.63) is 205 Å². The molecule has 288 valence electrons. The molecule has 0 amide bonds. The molecule has 0 radical (unpaired) electrons. The summed E-state index contributed by atoms with van der Waals surface area (Å²) in [4.78, 5) is 2.48. The third kappa shape index (κ3) is 4.82. The van der Waals surface area contributed by atoms with E-state index < -0.39 is 0 Å². The Bertz CT molecular complexity index is 3750. The van der Waals surface area contributed by atoms with Gasteiger partial charge in [-0.1, -0.05) is 129 Å². The van der Waals surface area contributed by atoms with Crippen molar-refractivity contribution in [1.82, 2.24) is 4.57 Å². The van der Waals surface area contributed by atoms with Gasteiger partial charge in [-0.3, -0.25) is 0 Å². The van der Waals surface area contributed by atoms with Gasteiger partial charge in [0.2, 0.25) is 0 Å². The van der Waals surface area contributed by atoms with Crippen molar-refractivity contribution in [2.24, 2.45) is 0 Å². The smallest absolute Gasteiger partial charge is 0.137 e. The number of anilines is 3. The van der Waals surface area contributed by atoms with E-state index in [9.17, 15) is 0 Å². The Morgan fingerprint density at radius 2 is 0.967 bits per heavy atom. The second kappa shape index (κ2) is 12.6. The lowest BCUT2D eigenvalue weighted by atomic mass is 9.81. The Balaban J connectivity index is 1.07. The highest BCUT2D eigenvalue weighted by Crippen LogP contribution is 2.56. The summed E-state index contributed by atoms with van der Waals surface area (Å²) >= 11 is 0. The third-order valence-corrected chi connectivity index (χ3v) is 13.2. The van der Waals surface area contributed by atoms with E-state index in [-0.39, 0.29) is 5.41 Å². The maximum Gasteiger partial charge on any atom is 0.137 e. The topological polar surface area (TPSA) is 34.5 Å². The first-order chi connectivity index (χ1) is 30.0. The predicted molar refractivity (Wildman–Crippen MR) is 253 cm³/mol. The SMILES string of the molecule is CC1(C)c2ccccc2-c2cccc(N(c3cccc4oc5ccccc5c34)c3cccc4oc5ccc(-c6ccc7c(c6)c6ccccc6n7-c6ccccc6)cc5c34)c21. The monoisotopic (exact) mass is 782 g/mol. The Hall–Kier alpha value is -7.82. The predicted octanol–water partition coefficient (Wildman–Crippen LogP) is 16.0. The Morgan fingerprint density at radius 3 is 1.77 bits per heavy atom. The molecule has 13 rings (SSSR count). The summed E-state index contributed by atoms with van der Waals surface area (Å²) in [6.45, 7) is 4.72. The standard InChI is InChI=1S/C57H38N2O2/c1-57(2)44-21-9-6-17-38(44)40-20-12-25-49(56(40)57)59(47-23-13-27-52-54(47)41-19-8-11-26-50(41)60-52)48-24-14-28-53-55(48)43-34-36(30-32-51(43)61-53)35-29-31-46-42(33-35)39-18-7-10-22-45(39)58(46)37-15-4-3-5-16-37/h3-34H,1-2H3. The molecule has 0 saturated heterocycles. The van der Waals surface area contributed by atoms with Gasteiger partial charge in [-0.2, -0.15) is 0 Å². The van der Waals surface area contributed by atoms with Crippen LogP contribution in [-0.2, 0) is 5.41 Å². The van der Waals surface area contributed by atoms with Gasteiger partial charge in [0.15, 0.2) is 0 Å². The normalized spacial score (nSPS) is 13.2. The molecule has 0 saturated carbocycles. The number of aromatic nitrogens is 1. The second-order valence-electron chi connectivity index (χ2n) is 16.8. The van der Waals surface area contributed by atoms with Crippen LogP contribution in [0.15, 0.2) is 203 Å². The molecule has 3 heterocycles. The minimum absolute atomic E-state index is 0.255. The molecule has 0 atom stereocenters. The van der Waals surface area contributed by atoms with Crippen molar-refractivity contribution in [1.29, 1.82) is 0 Å². The van der Waals surface area contributed by atoms with Gasteiger partial charge in [-0.25, -0.2) is 0 Å². The average molecular weight is 783 g/mol. The summed E-state index contributed by atoms with van der Waals surface area (Å²) in [5, 5.41) is 6.76. The molecule has 3 aromatic heterocycles. The number of para-hydroxylation sites is 3. The van der Waals surface area contributed by atoms with Crippen LogP contribution < -0.4 is 4.90 Å². The highest BCUT2D eigenvalue weighted by Gasteiger charge is 2.39. The largest absolute Gasteiger partial charge is 0.456 e. The summed E-state index contributed by atoms with van der Waals surface area (Å²) in [6.07, 6.45) is 0. The van der Waals surface area contributed by atoms with E-state index in [2.05, 4.69) is 211 Å². The van der Waals surface area contributed by atoms with Gasteiger partial charge >= 0.3 is 0 Å². The molecule has 4 nitrogen and oxygen atoms in total. The molecule has 0 aliphatic heterocycles. The summed E-state index contributed by atoms with van der Waals surface area (Å²) in [6, 6.07) is 69.9. The van der Waals surface area contributed by atoms with Crippen LogP contribution in [0.25, 0.3) is 93.6 Å². The zero-order valence-electron chi connectivity index (χ0n) is 33.7. The van der Waals surface area contributed by atoms with Crippen LogP contribution in [-0.4, -0.2) is 4.57 Å². The molecule has 4 heteroatoms. The van der Waals surface area contributed by atoms with Crippen LogP contribution in [0.4, 0.5) is 17.1 Å². The van der Waals surface area contributed by atoms with Crippen molar-refractivity contribution < 1.29 is 8.83 Å². The first kappa shape index (κ1) is 34.1. The van der Waals surface area contributed by atoms with Crippen LogP contribution in [0.3, 0.4) is 0 Å². The van der Waals surface area contributed by atoms with E-state index in [1.54, 1.807) is 0 Å². The minimum Gasteiger partial charge on any atom is -0.456 e. The van der Waals surface area contributed by atoms with Gasteiger partial charge in [0.25, 0.3) is 0 Å². The third-order valence-electron chi connectivity index (χ3n) is 13.2. The number of hydrogen-bond donors (Lipinski definition) is 0. The van der Waals surface area contributed by atoms with Crippen molar-refractivity contribution in [2.45, 2.75) is 19.3 Å². The average Bonchev–Trinajstić information content (AvgIpc) is 4.04. The van der Waals surface area contributed by atoms with E-state index in [1.807, 2.05) is 6.07 Å². The lowest BCUT2D eigenvalue weighted by molar-refractivity contribution is 0.661. The van der Waals surface area contributed by atoms with Gasteiger partial charge in [0.05, 0.1) is 38.9 Å². The molecule has 0 N–H and O–H groups in total. The number of rotatable bonds is 5. The molecule has 12 aromatic rings. The molecule has 0 spiro atoms. The Morgan fingerprint density at radius 1 is 0.410 bits per heavy atom. The summed E-state index contributed by atoms with van der Waals surface area (Å²) in [5.74, 6) is 0. The summed E-state index contributed by atoms with van der Waals surface area (Å²) < 4.78 is 15.7.